The molecular formula is C22H20ClNO4. The monoisotopic (exact) mass is 397 g/mol. The first kappa shape index (κ1) is 18.4. The fourth-order valence-corrected chi connectivity index (χ4v) is 3.65. The Bertz CT molecular complexity index is 1030. The Labute approximate surface area is 168 Å². The summed E-state index contributed by atoms with van der Waals surface area (Å²) in [6.45, 7) is 1.12. The van der Waals surface area contributed by atoms with Crippen LogP contribution < -0.4 is 9.47 Å². The van der Waals surface area contributed by atoms with Gasteiger partial charge in [-0.25, -0.2) is 0 Å². The van der Waals surface area contributed by atoms with Gasteiger partial charge in [-0.1, -0.05) is 23.7 Å². The Balaban J connectivity index is 1.55. The molecule has 0 saturated heterocycles. The molecule has 0 atom stereocenters. The van der Waals surface area contributed by atoms with Crippen molar-refractivity contribution >= 4 is 17.5 Å². The normalized spacial score (nSPS) is 13.2. The molecule has 144 valence electrons. The number of amides is 1. The van der Waals surface area contributed by atoms with Crippen molar-refractivity contribution < 1.29 is 18.7 Å². The maximum Gasteiger partial charge on any atom is 0.289 e. The van der Waals surface area contributed by atoms with Crippen molar-refractivity contribution in [1.82, 2.24) is 4.90 Å². The molecular weight excluding hydrogens is 378 g/mol. The Hall–Kier alpha value is -2.92. The van der Waals surface area contributed by atoms with E-state index in [0.717, 1.165) is 17.5 Å². The second kappa shape index (κ2) is 7.60. The molecule has 6 heteroatoms. The Morgan fingerprint density at radius 1 is 1.04 bits per heavy atom. The average molecular weight is 398 g/mol. The molecule has 3 aromatic rings. The van der Waals surface area contributed by atoms with Crippen LogP contribution in [-0.4, -0.2) is 31.6 Å². The highest BCUT2D eigenvalue weighted by atomic mass is 35.5. The highest BCUT2D eigenvalue weighted by molar-refractivity contribution is 6.30. The van der Waals surface area contributed by atoms with Crippen molar-refractivity contribution in [2.45, 2.75) is 13.0 Å². The molecule has 0 radical (unpaired) electrons. The molecule has 0 bridgehead atoms. The topological polar surface area (TPSA) is 51.9 Å². The number of nitrogens with zero attached hydrogens (tertiary/aromatic N) is 1. The van der Waals surface area contributed by atoms with E-state index in [1.807, 2.05) is 30.3 Å². The number of carbonyl (C=O) groups is 1. The molecule has 0 saturated carbocycles. The fraction of sp³-hybridized carbons (Fsp3) is 0.227. The molecule has 2 aromatic carbocycles. The number of carbonyl (C=O) groups excluding carboxylic acids is 1. The molecule has 4 rings (SSSR count). The zero-order chi connectivity index (χ0) is 19.7. The van der Waals surface area contributed by atoms with E-state index in [2.05, 4.69) is 0 Å². The number of rotatable bonds is 4. The van der Waals surface area contributed by atoms with E-state index in [9.17, 15) is 4.79 Å². The standard InChI is InChI=1S/C22H20ClNO4/c1-26-20-11-14-8-9-24(13-16(14)12-21(20)27-2)22(25)19-7-6-18(28-19)15-4-3-5-17(23)10-15/h3-7,10-12H,8-9,13H2,1-2H3. The van der Waals surface area contributed by atoms with Crippen LogP contribution in [0, 0.1) is 0 Å². The van der Waals surface area contributed by atoms with E-state index in [0.29, 0.717) is 41.1 Å². The van der Waals surface area contributed by atoms with Gasteiger partial charge in [-0.15, -0.1) is 0 Å². The Kier molecular flexibility index (Phi) is 5.01. The minimum absolute atomic E-state index is 0.131. The van der Waals surface area contributed by atoms with Gasteiger partial charge in [-0.2, -0.15) is 0 Å². The van der Waals surface area contributed by atoms with E-state index in [1.165, 1.54) is 5.56 Å². The van der Waals surface area contributed by atoms with Crippen LogP contribution in [0.5, 0.6) is 11.5 Å². The minimum atomic E-state index is -0.131. The van der Waals surface area contributed by atoms with Crippen molar-refractivity contribution in [1.29, 1.82) is 0 Å². The van der Waals surface area contributed by atoms with Gasteiger partial charge in [0.1, 0.15) is 5.76 Å². The lowest BCUT2D eigenvalue weighted by molar-refractivity contribution is 0.0703. The van der Waals surface area contributed by atoms with Gasteiger partial charge in [0.15, 0.2) is 17.3 Å². The van der Waals surface area contributed by atoms with Crippen LogP contribution in [0.25, 0.3) is 11.3 Å². The van der Waals surface area contributed by atoms with Crippen molar-refractivity contribution in [2.75, 3.05) is 20.8 Å². The van der Waals surface area contributed by atoms with E-state index < -0.39 is 0 Å². The van der Waals surface area contributed by atoms with Crippen molar-refractivity contribution in [2.24, 2.45) is 0 Å². The second-order valence-corrected chi connectivity index (χ2v) is 7.06. The lowest BCUT2D eigenvalue weighted by Crippen LogP contribution is -2.35. The van der Waals surface area contributed by atoms with E-state index in [4.69, 9.17) is 25.5 Å². The van der Waals surface area contributed by atoms with Crippen LogP contribution in [0.1, 0.15) is 21.7 Å². The first-order valence-corrected chi connectivity index (χ1v) is 9.35. The first-order chi connectivity index (χ1) is 13.6. The number of halogens is 1. The smallest absolute Gasteiger partial charge is 0.289 e. The number of benzene rings is 2. The highest BCUT2D eigenvalue weighted by Crippen LogP contribution is 2.34. The number of hydrogen-bond donors (Lipinski definition) is 0. The molecule has 0 aliphatic carbocycles. The Morgan fingerprint density at radius 2 is 1.79 bits per heavy atom. The van der Waals surface area contributed by atoms with Crippen LogP contribution in [-0.2, 0) is 13.0 Å². The molecule has 2 heterocycles. The van der Waals surface area contributed by atoms with Crippen LogP contribution >= 0.6 is 11.6 Å². The third kappa shape index (κ3) is 3.45. The predicted molar refractivity (Wildman–Crippen MR) is 107 cm³/mol. The minimum Gasteiger partial charge on any atom is -0.493 e. The number of methoxy groups -OCH3 is 2. The summed E-state index contributed by atoms with van der Waals surface area (Å²) in [6.07, 6.45) is 0.753. The van der Waals surface area contributed by atoms with E-state index in [1.54, 1.807) is 37.3 Å². The molecule has 0 N–H and O–H groups in total. The summed E-state index contributed by atoms with van der Waals surface area (Å²) in [5.74, 6) is 2.18. The van der Waals surface area contributed by atoms with Crippen LogP contribution in [0.2, 0.25) is 5.02 Å². The van der Waals surface area contributed by atoms with Crippen LogP contribution in [0.4, 0.5) is 0 Å². The molecule has 1 aliphatic heterocycles. The molecule has 0 spiro atoms. The van der Waals surface area contributed by atoms with E-state index >= 15 is 0 Å². The summed E-state index contributed by atoms with van der Waals surface area (Å²) in [4.78, 5) is 14.7. The summed E-state index contributed by atoms with van der Waals surface area (Å²) >= 11 is 6.04. The lowest BCUT2D eigenvalue weighted by Gasteiger charge is -2.29. The number of hydrogen-bond acceptors (Lipinski definition) is 4. The van der Waals surface area contributed by atoms with Crippen molar-refractivity contribution in [3.05, 3.63) is 70.4 Å². The Morgan fingerprint density at radius 3 is 2.50 bits per heavy atom. The molecule has 1 amide bonds. The maximum absolute atomic E-state index is 12.9. The zero-order valence-electron chi connectivity index (χ0n) is 15.7. The third-order valence-electron chi connectivity index (χ3n) is 4.93. The summed E-state index contributed by atoms with van der Waals surface area (Å²) in [6, 6.07) is 14.8. The van der Waals surface area contributed by atoms with Gasteiger partial charge in [0.05, 0.1) is 14.2 Å². The highest BCUT2D eigenvalue weighted by Gasteiger charge is 2.25. The van der Waals surface area contributed by atoms with Crippen LogP contribution in [0.15, 0.2) is 52.9 Å². The second-order valence-electron chi connectivity index (χ2n) is 6.63. The molecule has 5 nitrogen and oxygen atoms in total. The summed E-state index contributed by atoms with van der Waals surface area (Å²) in [5, 5.41) is 0.624. The number of fused-ring (bicyclic) bond motifs is 1. The van der Waals surface area contributed by atoms with Gasteiger partial charge >= 0.3 is 0 Å². The summed E-state index contributed by atoms with van der Waals surface area (Å²) < 4.78 is 16.6. The fourth-order valence-electron chi connectivity index (χ4n) is 3.46. The van der Waals surface area contributed by atoms with Crippen molar-refractivity contribution in [3.8, 4) is 22.8 Å². The van der Waals surface area contributed by atoms with Gasteiger partial charge in [-0.3, -0.25) is 4.79 Å². The average Bonchev–Trinajstić information content (AvgIpc) is 3.22. The van der Waals surface area contributed by atoms with E-state index in [-0.39, 0.29) is 5.91 Å². The molecule has 0 unspecified atom stereocenters. The maximum atomic E-state index is 12.9. The first-order valence-electron chi connectivity index (χ1n) is 8.98. The molecule has 0 fully saturated rings. The van der Waals surface area contributed by atoms with Gasteiger partial charge in [0.25, 0.3) is 5.91 Å². The molecule has 1 aromatic heterocycles. The van der Waals surface area contributed by atoms with Gasteiger partial charge in [-0.05, 0) is 53.9 Å². The SMILES string of the molecule is COc1cc2c(cc1OC)CN(C(=O)c1ccc(-c3cccc(Cl)c3)o1)CC2. The van der Waals surface area contributed by atoms with Gasteiger partial charge in [0.2, 0.25) is 0 Å². The quantitative estimate of drug-likeness (QED) is 0.633. The summed E-state index contributed by atoms with van der Waals surface area (Å²) in [7, 11) is 3.23. The number of ether oxygens (including phenoxy) is 2. The molecule has 1 aliphatic rings. The van der Waals surface area contributed by atoms with Gasteiger partial charge < -0.3 is 18.8 Å². The zero-order valence-corrected chi connectivity index (χ0v) is 16.5. The number of furan rings is 1. The third-order valence-corrected chi connectivity index (χ3v) is 5.17. The van der Waals surface area contributed by atoms with Gasteiger partial charge in [0, 0.05) is 23.7 Å². The lowest BCUT2D eigenvalue weighted by atomic mass is 9.98. The molecule has 28 heavy (non-hydrogen) atoms. The largest absolute Gasteiger partial charge is 0.493 e. The van der Waals surface area contributed by atoms with Crippen LogP contribution in [0.3, 0.4) is 0 Å². The predicted octanol–water partition coefficient (Wildman–Crippen LogP) is 4.82. The summed E-state index contributed by atoms with van der Waals surface area (Å²) in [5.41, 5.74) is 3.06. The van der Waals surface area contributed by atoms with Crippen molar-refractivity contribution in [3.63, 3.8) is 0 Å².